The van der Waals surface area contributed by atoms with E-state index < -0.39 is 12.1 Å². The monoisotopic (exact) mass is 379 g/mol. The van der Waals surface area contributed by atoms with Gasteiger partial charge in [0.2, 0.25) is 11.7 Å². The zero-order valence-electron chi connectivity index (χ0n) is 14.7. The molecule has 1 heterocycles. The maximum Gasteiger partial charge on any atom is 0.471 e. The average molecular weight is 379 g/mol. The van der Waals surface area contributed by atoms with E-state index in [0.29, 0.717) is 18.0 Å². The Labute approximate surface area is 154 Å². The maximum absolute atomic E-state index is 12.7. The molecule has 4 rings (SSSR count). The number of hydrogen-bond donors (Lipinski definition) is 0. The molecule has 2 aliphatic rings. The lowest BCUT2D eigenvalue weighted by Gasteiger charge is -2.32. The molecule has 0 spiro atoms. The predicted octanol–water partition coefficient (Wildman–Crippen LogP) is 4.29. The normalized spacial score (nSPS) is 17.6. The summed E-state index contributed by atoms with van der Waals surface area (Å²) in [5.74, 6) is -0.473. The van der Waals surface area contributed by atoms with Gasteiger partial charge in [-0.2, -0.15) is 18.2 Å². The largest absolute Gasteiger partial charge is 0.471 e. The van der Waals surface area contributed by atoms with E-state index in [-0.39, 0.29) is 17.6 Å². The van der Waals surface area contributed by atoms with Gasteiger partial charge >= 0.3 is 12.1 Å². The van der Waals surface area contributed by atoms with Crippen LogP contribution < -0.4 is 0 Å². The first kappa shape index (κ1) is 18.0. The Morgan fingerprint density at radius 1 is 1.15 bits per heavy atom. The lowest BCUT2D eigenvalue weighted by molar-refractivity contribution is -0.159. The maximum atomic E-state index is 12.7. The van der Waals surface area contributed by atoms with Crippen LogP contribution in [0.15, 0.2) is 28.8 Å². The van der Waals surface area contributed by atoms with E-state index in [2.05, 4.69) is 14.7 Å². The molecule has 2 saturated carbocycles. The third-order valence-electron chi connectivity index (χ3n) is 5.20. The standard InChI is InChI=1S/C19H20F3N3O2/c20-19(21,22)18-23-16(24-27-18)14-8-6-13(7-9-14)11-25(10-12-4-5-12)17(26)15-2-1-3-15/h6-9,12,15H,1-5,10-11H2. The van der Waals surface area contributed by atoms with Gasteiger partial charge in [-0.3, -0.25) is 4.79 Å². The van der Waals surface area contributed by atoms with Crippen molar-refractivity contribution in [3.05, 3.63) is 35.7 Å². The summed E-state index contributed by atoms with van der Waals surface area (Å²) in [4.78, 5) is 18.0. The highest BCUT2D eigenvalue weighted by molar-refractivity contribution is 5.79. The highest BCUT2D eigenvalue weighted by Gasteiger charge is 2.38. The third kappa shape index (κ3) is 4.14. The molecular formula is C19H20F3N3O2. The number of rotatable bonds is 6. The lowest BCUT2D eigenvalue weighted by atomic mass is 9.84. The number of halogens is 3. The number of hydrogen-bond acceptors (Lipinski definition) is 4. The first-order chi connectivity index (χ1) is 12.9. The lowest BCUT2D eigenvalue weighted by Crippen LogP contribution is -2.39. The van der Waals surface area contributed by atoms with E-state index in [1.165, 1.54) is 12.8 Å². The van der Waals surface area contributed by atoms with Gasteiger partial charge in [-0.1, -0.05) is 35.8 Å². The summed E-state index contributed by atoms with van der Waals surface area (Å²) in [6, 6.07) is 6.91. The summed E-state index contributed by atoms with van der Waals surface area (Å²) in [6.07, 6.45) is 0.749. The van der Waals surface area contributed by atoms with Crippen LogP contribution in [0.1, 0.15) is 43.6 Å². The molecule has 2 aliphatic carbocycles. The smallest absolute Gasteiger partial charge is 0.338 e. The van der Waals surface area contributed by atoms with Crippen LogP contribution in [-0.4, -0.2) is 27.5 Å². The van der Waals surface area contributed by atoms with Gasteiger partial charge in [-0.15, -0.1) is 0 Å². The molecular weight excluding hydrogens is 359 g/mol. The van der Waals surface area contributed by atoms with Crippen LogP contribution >= 0.6 is 0 Å². The molecule has 1 amide bonds. The molecule has 144 valence electrons. The van der Waals surface area contributed by atoms with Crippen molar-refractivity contribution < 1.29 is 22.5 Å². The molecule has 0 atom stereocenters. The van der Waals surface area contributed by atoms with E-state index in [4.69, 9.17) is 0 Å². The zero-order chi connectivity index (χ0) is 19.0. The minimum atomic E-state index is -4.66. The fourth-order valence-corrected chi connectivity index (χ4v) is 3.19. The molecule has 5 nitrogen and oxygen atoms in total. The van der Waals surface area contributed by atoms with Crippen molar-refractivity contribution >= 4 is 5.91 Å². The number of nitrogens with zero attached hydrogens (tertiary/aromatic N) is 3. The molecule has 27 heavy (non-hydrogen) atoms. The molecule has 1 aromatic heterocycles. The first-order valence-corrected chi connectivity index (χ1v) is 9.19. The molecule has 0 radical (unpaired) electrons. The third-order valence-corrected chi connectivity index (χ3v) is 5.20. The summed E-state index contributed by atoms with van der Waals surface area (Å²) in [7, 11) is 0. The Hall–Kier alpha value is -2.38. The van der Waals surface area contributed by atoms with Crippen LogP contribution in [0.25, 0.3) is 11.4 Å². The van der Waals surface area contributed by atoms with Gasteiger partial charge < -0.3 is 9.42 Å². The zero-order valence-corrected chi connectivity index (χ0v) is 14.7. The van der Waals surface area contributed by atoms with Crippen LogP contribution in [-0.2, 0) is 17.5 Å². The van der Waals surface area contributed by atoms with Crippen molar-refractivity contribution in [2.24, 2.45) is 11.8 Å². The summed E-state index contributed by atoms with van der Waals surface area (Å²) in [5.41, 5.74) is 1.38. The number of alkyl halides is 3. The van der Waals surface area contributed by atoms with Crippen molar-refractivity contribution in [3.8, 4) is 11.4 Å². The molecule has 0 N–H and O–H groups in total. The minimum Gasteiger partial charge on any atom is -0.338 e. The van der Waals surface area contributed by atoms with E-state index in [9.17, 15) is 18.0 Å². The second-order valence-corrected chi connectivity index (χ2v) is 7.41. The molecule has 8 heteroatoms. The minimum absolute atomic E-state index is 0.103. The van der Waals surface area contributed by atoms with Crippen LogP contribution in [0, 0.1) is 11.8 Å². The SMILES string of the molecule is O=C(C1CCC1)N(Cc1ccc(-c2noc(C(F)(F)F)n2)cc1)CC1CC1. The van der Waals surface area contributed by atoms with Gasteiger partial charge in [0, 0.05) is 24.6 Å². The first-order valence-electron chi connectivity index (χ1n) is 9.19. The molecule has 0 unspecified atom stereocenters. The highest BCUT2D eigenvalue weighted by Crippen LogP contribution is 2.34. The summed E-state index contributed by atoms with van der Waals surface area (Å²) in [5, 5.41) is 3.39. The van der Waals surface area contributed by atoms with Crippen LogP contribution in [0.5, 0.6) is 0 Å². The Balaban J connectivity index is 1.45. The molecule has 0 saturated heterocycles. The Morgan fingerprint density at radius 2 is 1.85 bits per heavy atom. The second-order valence-electron chi connectivity index (χ2n) is 7.41. The van der Waals surface area contributed by atoms with E-state index in [1.807, 2.05) is 4.90 Å². The summed E-state index contributed by atoms with van der Waals surface area (Å²) >= 11 is 0. The fourth-order valence-electron chi connectivity index (χ4n) is 3.19. The van der Waals surface area contributed by atoms with Crippen molar-refractivity contribution in [1.82, 2.24) is 15.0 Å². The predicted molar refractivity (Wildman–Crippen MR) is 90.2 cm³/mol. The van der Waals surface area contributed by atoms with Crippen LogP contribution in [0.2, 0.25) is 0 Å². The topological polar surface area (TPSA) is 59.2 Å². The second kappa shape index (κ2) is 6.98. The van der Waals surface area contributed by atoms with Gasteiger partial charge in [0.1, 0.15) is 0 Å². The van der Waals surface area contributed by atoms with Crippen molar-refractivity contribution in [1.29, 1.82) is 0 Å². The molecule has 1 aromatic carbocycles. The number of carbonyl (C=O) groups excluding carboxylic acids is 1. The highest BCUT2D eigenvalue weighted by atomic mass is 19.4. The van der Waals surface area contributed by atoms with Gasteiger partial charge in [-0.25, -0.2) is 0 Å². The number of benzene rings is 1. The molecule has 0 bridgehead atoms. The van der Waals surface area contributed by atoms with Gasteiger partial charge in [-0.05, 0) is 37.2 Å². The van der Waals surface area contributed by atoms with Crippen LogP contribution in [0.4, 0.5) is 13.2 Å². The van der Waals surface area contributed by atoms with Crippen molar-refractivity contribution in [2.75, 3.05) is 6.54 Å². The van der Waals surface area contributed by atoms with Gasteiger partial charge in [0.15, 0.2) is 0 Å². The quantitative estimate of drug-likeness (QED) is 0.751. The van der Waals surface area contributed by atoms with E-state index in [0.717, 1.165) is 31.4 Å². The number of amides is 1. The summed E-state index contributed by atoms with van der Waals surface area (Å²) < 4.78 is 42.0. The summed E-state index contributed by atoms with van der Waals surface area (Å²) in [6.45, 7) is 1.31. The van der Waals surface area contributed by atoms with E-state index in [1.54, 1.807) is 24.3 Å². The van der Waals surface area contributed by atoms with Gasteiger partial charge in [0.05, 0.1) is 0 Å². The van der Waals surface area contributed by atoms with Gasteiger partial charge in [0.25, 0.3) is 0 Å². The molecule has 2 aromatic rings. The number of carbonyl (C=O) groups is 1. The molecule has 0 aliphatic heterocycles. The van der Waals surface area contributed by atoms with Crippen molar-refractivity contribution in [2.45, 2.75) is 44.8 Å². The Morgan fingerprint density at radius 3 is 2.37 bits per heavy atom. The molecule has 2 fully saturated rings. The van der Waals surface area contributed by atoms with E-state index >= 15 is 0 Å². The van der Waals surface area contributed by atoms with Crippen molar-refractivity contribution in [3.63, 3.8) is 0 Å². The Bertz CT molecular complexity index is 808. The fraction of sp³-hybridized carbons (Fsp3) is 0.526. The van der Waals surface area contributed by atoms with Crippen LogP contribution in [0.3, 0.4) is 0 Å². The number of aromatic nitrogens is 2. The Kier molecular flexibility index (Phi) is 4.65. The average Bonchev–Trinajstić information content (AvgIpc) is 3.24.